The van der Waals surface area contributed by atoms with Crippen LogP contribution in [0.15, 0.2) is 11.0 Å². The van der Waals surface area contributed by atoms with Crippen LogP contribution in [0, 0.1) is 23.3 Å². The van der Waals surface area contributed by atoms with E-state index in [-0.39, 0.29) is 12.6 Å². The fraction of sp³-hybridized carbons (Fsp3) is 0.250. The first-order valence-electron chi connectivity index (χ1n) is 4.14. The van der Waals surface area contributed by atoms with Crippen molar-refractivity contribution in [2.45, 2.75) is 11.8 Å². The summed E-state index contributed by atoms with van der Waals surface area (Å²) in [5.41, 5.74) is 0. The fourth-order valence-corrected chi connectivity index (χ4v) is 2.24. The van der Waals surface area contributed by atoms with Crippen LogP contribution >= 0.6 is 0 Å². The molecule has 1 aromatic rings. The molecule has 8 heteroatoms. The first kappa shape index (κ1) is 12.9. The molecule has 0 atom stereocenters. The average molecular weight is 257 g/mol. The first-order chi connectivity index (χ1) is 7.31. The molecule has 0 saturated carbocycles. The second-order valence-corrected chi connectivity index (χ2v) is 4.50. The van der Waals surface area contributed by atoms with Gasteiger partial charge in [0.15, 0.2) is 28.2 Å². The summed E-state index contributed by atoms with van der Waals surface area (Å²) in [6, 6.07) is -0.0599. The van der Waals surface area contributed by atoms with Crippen molar-refractivity contribution in [1.82, 2.24) is 4.72 Å². The monoisotopic (exact) mass is 257 g/mol. The van der Waals surface area contributed by atoms with E-state index in [2.05, 4.69) is 0 Å². The van der Waals surface area contributed by atoms with E-state index < -0.39 is 38.2 Å². The number of rotatable bonds is 3. The van der Waals surface area contributed by atoms with E-state index in [9.17, 15) is 26.0 Å². The molecule has 0 aliphatic rings. The standard InChI is InChI=1S/C8H7F4NO2S/c1-2-13-16(14,15)8-6(11)4(9)3-5(10)7(8)12/h3,13H,2H2,1H3. The van der Waals surface area contributed by atoms with E-state index >= 15 is 0 Å². The van der Waals surface area contributed by atoms with E-state index in [4.69, 9.17) is 0 Å². The minimum absolute atomic E-state index is 0.0599. The molecule has 0 spiro atoms. The van der Waals surface area contributed by atoms with Crippen LogP contribution in [0.1, 0.15) is 6.92 Å². The Morgan fingerprint density at radius 1 is 1.12 bits per heavy atom. The second kappa shape index (κ2) is 4.38. The third-order valence-electron chi connectivity index (χ3n) is 1.67. The van der Waals surface area contributed by atoms with Gasteiger partial charge in [-0.15, -0.1) is 0 Å². The molecule has 0 aromatic heterocycles. The SMILES string of the molecule is CCNS(=O)(=O)c1c(F)c(F)cc(F)c1F. The summed E-state index contributed by atoms with van der Waals surface area (Å²) < 4.78 is 75.8. The molecule has 0 aliphatic carbocycles. The van der Waals surface area contributed by atoms with E-state index in [1.165, 1.54) is 6.92 Å². The van der Waals surface area contributed by atoms with Crippen molar-refractivity contribution in [3.63, 3.8) is 0 Å². The fourth-order valence-electron chi connectivity index (χ4n) is 1.05. The number of hydrogen-bond acceptors (Lipinski definition) is 2. The highest BCUT2D eigenvalue weighted by atomic mass is 32.2. The summed E-state index contributed by atoms with van der Waals surface area (Å²) in [6.07, 6.45) is 0. The van der Waals surface area contributed by atoms with Gasteiger partial charge in [-0.2, -0.15) is 0 Å². The Hall–Kier alpha value is -1.15. The van der Waals surface area contributed by atoms with Crippen LogP contribution in [-0.2, 0) is 10.0 Å². The second-order valence-electron chi connectivity index (χ2n) is 2.80. The van der Waals surface area contributed by atoms with Crippen molar-refractivity contribution in [3.05, 3.63) is 29.3 Å². The summed E-state index contributed by atoms with van der Waals surface area (Å²) in [6.45, 7) is 1.18. The molecule has 0 saturated heterocycles. The predicted molar refractivity (Wildman–Crippen MR) is 47.1 cm³/mol. The molecule has 16 heavy (non-hydrogen) atoms. The molecule has 1 rings (SSSR count). The van der Waals surface area contributed by atoms with Gasteiger partial charge in [-0.3, -0.25) is 0 Å². The molecule has 0 amide bonds. The molecule has 0 bridgehead atoms. The van der Waals surface area contributed by atoms with Crippen LogP contribution in [0.5, 0.6) is 0 Å². The molecule has 0 heterocycles. The van der Waals surface area contributed by atoms with Gasteiger partial charge < -0.3 is 0 Å². The number of nitrogens with one attached hydrogen (secondary N) is 1. The third-order valence-corrected chi connectivity index (χ3v) is 3.24. The summed E-state index contributed by atoms with van der Waals surface area (Å²) in [7, 11) is -4.60. The minimum Gasteiger partial charge on any atom is -0.211 e. The largest absolute Gasteiger partial charge is 0.246 e. The van der Waals surface area contributed by atoms with E-state index in [0.29, 0.717) is 0 Å². The van der Waals surface area contributed by atoms with E-state index in [0.717, 1.165) is 0 Å². The van der Waals surface area contributed by atoms with Gasteiger partial charge in [0.2, 0.25) is 10.0 Å². The zero-order chi connectivity index (χ0) is 12.5. The molecule has 0 unspecified atom stereocenters. The Balaban J connectivity index is 3.56. The lowest BCUT2D eigenvalue weighted by Gasteiger charge is -2.07. The Labute approximate surface area is 89.1 Å². The van der Waals surface area contributed by atoms with Gasteiger partial charge in [0.05, 0.1) is 0 Å². The first-order valence-corrected chi connectivity index (χ1v) is 5.62. The number of halogens is 4. The summed E-state index contributed by atoms with van der Waals surface area (Å²) >= 11 is 0. The van der Waals surface area contributed by atoms with Crippen molar-refractivity contribution < 1.29 is 26.0 Å². The van der Waals surface area contributed by atoms with E-state index in [1.807, 2.05) is 0 Å². The van der Waals surface area contributed by atoms with Crippen LogP contribution in [0.25, 0.3) is 0 Å². The predicted octanol–water partition coefficient (Wildman–Crippen LogP) is 1.54. The van der Waals surface area contributed by atoms with Crippen molar-refractivity contribution in [1.29, 1.82) is 0 Å². The Morgan fingerprint density at radius 2 is 1.56 bits per heavy atom. The number of hydrogen-bond donors (Lipinski definition) is 1. The van der Waals surface area contributed by atoms with Gasteiger partial charge in [-0.05, 0) is 0 Å². The van der Waals surface area contributed by atoms with Gasteiger partial charge in [0.25, 0.3) is 0 Å². The van der Waals surface area contributed by atoms with Crippen molar-refractivity contribution in [2.24, 2.45) is 0 Å². The molecular formula is C8H7F4NO2S. The van der Waals surface area contributed by atoms with Crippen LogP contribution < -0.4 is 4.72 Å². The van der Waals surface area contributed by atoms with Crippen LogP contribution in [0.2, 0.25) is 0 Å². The summed E-state index contributed by atoms with van der Waals surface area (Å²) in [4.78, 5) is -1.65. The van der Waals surface area contributed by atoms with Gasteiger partial charge in [0, 0.05) is 12.6 Å². The van der Waals surface area contributed by atoms with E-state index in [1.54, 1.807) is 4.72 Å². The third kappa shape index (κ3) is 2.17. The minimum atomic E-state index is -4.60. The van der Waals surface area contributed by atoms with Crippen LogP contribution in [0.3, 0.4) is 0 Å². The lowest BCUT2D eigenvalue weighted by atomic mass is 10.3. The number of sulfonamides is 1. The topological polar surface area (TPSA) is 46.2 Å². The maximum Gasteiger partial charge on any atom is 0.246 e. The number of benzene rings is 1. The zero-order valence-corrected chi connectivity index (χ0v) is 8.84. The molecule has 0 fully saturated rings. The molecular weight excluding hydrogens is 250 g/mol. The maximum absolute atomic E-state index is 13.1. The van der Waals surface area contributed by atoms with Gasteiger partial charge in [0.1, 0.15) is 0 Å². The Morgan fingerprint density at radius 3 is 1.94 bits per heavy atom. The molecule has 90 valence electrons. The highest BCUT2D eigenvalue weighted by Crippen LogP contribution is 2.23. The lowest BCUT2D eigenvalue weighted by molar-refractivity contribution is 0.418. The van der Waals surface area contributed by atoms with Crippen molar-refractivity contribution in [2.75, 3.05) is 6.54 Å². The van der Waals surface area contributed by atoms with Gasteiger partial charge in [-0.1, -0.05) is 6.92 Å². The van der Waals surface area contributed by atoms with Gasteiger partial charge >= 0.3 is 0 Å². The summed E-state index contributed by atoms with van der Waals surface area (Å²) in [5.74, 6) is -7.43. The quantitative estimate of drug-likeness (QED) is 0.659. The highest BCUT2D eigenvalue weighted by molar-refractivity contribution is 7.89. The molecule has 0 radical (unpaired) electrons. The van der Waals surface area contributed by atoms with Crippen molar-refractivity contribution >= 4 is 10.0 Å². The normalized spacial score (nSPS) is 11.8. The van der Waals surface area contributed by atoms with Crippen molar-refractivity contribution in [3.8, 4) is 0 Å². The highest BCUT2D eigenvalue weighted by Gasteiger charge is 2.28. The molecule has 1 aromatic carbocycles. The van der Waals surface area contributed by atoms with Gasteiger partial charge in [-0.25, -0.2) is 30.7 Å². The summed E-state index contributed by atoms with van der Waals surface area (Å²) in [5, 5.41) is 0. The maximum atomic E-state index is 13.1. The molecule has 3 nitrogen and oxygen atoms in total. The van der Waals surface area contributed by atoms with Crippen LogP contribution in [-0.4, -0.2) is 15.0 Å². The van der Waals surface area contributed by atoms with Crippen LogP contribution in [0.4, 0.5) is 17.6 Å². The lowest BCUT2D eigenvalue weighted by Crippen LogP contribution is -2.26. The Kier molecular flexibility index (Phi) is 3.54. The molecule has 1 N–H and O–H groups in total. The zero-order valence-electron chi connectivity index (χ0n) is 8.02. The smallest absolute Gasteiger partial charge is 0.211 e. The molecule has 0 aliphatic heterocycles. The average Bonchev–Trinajstić information content (AvgIpc) is 2.14. The Bertz CT molecular complexity index is 489.